The fraction of sp³-hybridized carbons (Fsp3) is 0.357. The number of fused-ring (bicyclic) bond motifs is 2. The number of carboxylic acids is 2. The highest BCUT2D eigenvalue weighted by molar-refractivity contribution is 5.94. The number of hydrogen-bond acceptors (Lipinski definition) is 11. The summed E-state index contributed by atoms with van der Waals surface area (Å²) < 4.78 is 12.3. The average molecular weight is 597 g/mol. The highest BCUT2D eigenvalue weighted by Crippen LogP contribution is 2.25. The summed E-state index contributed by atoms with van der Waals surface area (Å²) in [6, 6.07) is 8.71. The quantitative estimate of drug-likeness (QED) is 0.195. The smallest absolute Gasteiger partial charge is 0.328 e. The molecule has 3 aromatic rings. The van der Waals surface area contributed by atoms with Crippen LogP contribution in [0.2, 0.25) is 0 Å². The van der Waals surface area contributed by atoms with E-state index in [2.05, 4.69) is 25.5 Å². The number of hydrogen-bond donors (Lipinski definition) is 5. The molecule has 2 aliphatic rings. The molecular weight excluding hydrogens is 564 g/mol. The van der Waals surface area contributed by atoms with Crippen molar-refractivity contribution in [3.63, 3.8) is 0 Å². The Kier molecular flexibility index (Phi) is 10.4. The third kappa shape index (κ3) is 8.57. The summed E-state index contributed by atoms with van der Waals surface area (Å²) in [7, 11) is 1.57. The van der Waals surface area contributed by atoms with Gasteiger partial charge >= 0.3 is 11.9 Å². The van der Waals surface area contributed by atoms with E-state index >= 15 is 0 Å². The van der Waals surface area contributed by atoms with Crippen LogP contribution in [0.1, 0.15) is 5.69 Å². The molecule has 1 saturated heterocycles. The van der Waals surface area contributed by atoms with E-state index in [0.29, 0.717) is 62.2 Å². The molecule has 0 saturated carbocycles. The van der Waals surface area contributed by atoms with Crippen LogP contribution in [0, 0.1) is 5.92 Å². The lowest BCUT2D eigenvalue weighted by Gasteiger charge is -2.18. The van der Waals surface area contributed by atoms with Gasteiger partial charge in [0.15, 0.2) is 18.2 Å². The molecule has 2 aliphatic heterocycles. The molecule has 43 heavy (non-hydrogen) atoms. The van der Waals surface area contributed by atoms with Gasteiger partial charge in [0.2, 0.25) is 0 Å². The molecule has 3 aromatic heterocycles. The third-order valence-corrected chi connectivity index (χ3v) is 6.78. The van der Waals surface area contributed by atoms with E-state index in [1.54, 1.807) is 30.0 Å². The third-order valence-electron chi connectivity index (χ3n) is 6.78. The van der Waals surface area contributed by atoms with Crippen molar-refractivity contribution in [3.8, 4) is 11.5 Å². The van der Waals surface area contributed by atoms with E-state index in [1.807, 2.05) is 12.1 Å². The summed E-state index contributed by atoms with van der Waals surface area (Å²) in [6.07, 6.45) is 2.29. The van der Waals surface area contributed by atoms with Gasteiger partial charge in [-0.25, -0.2) is 14.6 Å². The van der Waals surface area contributed by atoms with E-state index in [4.69, 9.17) is 19.7 Å². The molecule has 0 spiro atoms. The minimum absolute atomic E-state index is 0.00254. The second-order valence-electron chi connectivity index (χ2n) is 9.82. The Hall–Kier alpha value is -4.86. The fourth-order valence-corrected chi connectivity index (χ4v) is 4.69. The number of carboxylic acid groups (broad SMARTS) is 2. The van der Waals surface area contributed by atoms with Crippen LogP contribution in [-0.2, 0) is 27.5 Å². The number of ether oxygens (including phenoxy) is 2. The number of aromatic nitrogens is 3. The van der Waals surface area contributed by atoms with Crippen molar-refractivity contribution in [2.75, 3.05) is 45.2 Å². The maximum atomic E-state index is 12.5. The van der Waals surface area contributed by atoms with Crippen LogP contribution in [0.15, 0.2) is 53.5 Å². The summed E-state index contributed by atoms with van der Waals surface area (Å²) in [4.78, 5) is 54.1. The van der Waals surface area contributed by atoms with Crippen molar-refractivity contribution in [3.05, 3.63) is 64.7 Å². The molecule has 5 rings (SSSR count). The van der Waals surface area contributed by atoms with Crippen molar-refractivity contribution < 1.29 is 39.2 Å². The average Bonchev–Trinajstić information content (AvgIpc) is 3.34. The molecule has 5 heterocycles. The number of β-amino-alcohol motifs (C(OH)–C–C–N with tert-alkyl or cyclic N) is 1. The second kappa shape index (κ2) is 14.4. The predicted molar refractivity (Wildman–Crippen MR) is 153 cm³/mol. The molecule has 5 N–H and O–H groups in total. The van der Waals surface area contributed by atoms with Gasteiger partial charge < -0.3 is 40.0 Å². The van der Waals surface area contributed by atoms with Crippen LogP contribution in [0.5, 0.6) is 11.5 Å². The Balaban J connectivity index is 0.000000467. The molecule has 0 aromatic carbocycles. The van der Waals surface area contributed by atoms with Gasteiger partial charge in [0.25, 0.3) is 11.5 Å². The maximum Gasteiger partial charge on any atom is 0.328 e. The Morgan fingerprint density at radius 3 is 2.63 bits per heavy atom. The number of pyridine rings is 3. The summed E-state index contributed by atoms with van der Waals surface area (Å²) in [5.41, 5.74) is 2.15. The first kappa shape index (κ1) is 31.1. The van der Waals surface area contributed by atoms with Crippen molar-refractivity contribution >= 4 is 34.7 Å². The van der Waals surface area contributed by atoms with Gasteiger partial charge in [0.1, 0.15) is 5.75 Å². The van der Waals surface area contributed by atoms with Crippen LogP contribution >= 0.6 is 0 Å². The number of aliphatic carboxylic acids is 2. The number of anilines is 1. The SMILES string of the molecule is COc1cnc2ccc(=O)n(CCN3C[C@H](CNCc4ccc5c(n4)NC(=O)CO5)[C@H](O)C3)c2c1.O=C(O)/C=C/C(=O)O. The van der Waals surface area contributed by atoms with Gasteiger partial charge in [-0.1, -0.05) is 0 Å². The van der Waals surface area contributed by atoms with Crippen molar-refractivity contribution in [2.45, 2.75) is 19.2 Å². The van der Waals surface area contributed by atoms with Crippen molar-refractivity contribution in [2.24, 2.45) is 5.92 Å². The lowest BCUT2D eigenvalue weighted by atomic mass is 10.1. The summed E-state index contributed by atoms with van der Waals surface area (Å²) in [5.74, 6) is -1.08. The number of methoxy groups -OCH3 is 1. The molecule has 0 aliphatic carbocycles. The Labute approximate surface area is 245 Å². The first-order valence-electron chi connectivity index (χ1n) is 13.3. The molecule has 15 heteroatoms. The van der Waals surface area contributed by atoms with Crippen molar-refractivity contribution in [1.29, 1.82) is 0 Å². The van der Waals surface area contributed by atoms with Crippen LogP contribution in [0.3, 0.4) is 0 Å². The molecule has 1 amide bonds. The highest BCUT2D eigenvalue weighted by Gasteiger charge is 2.30. The van der Waals surface area contributed by atoms with Gasteiger partial charge in [-0.15, -0.1) is 0 Å². The van der Waals surface area contributed by atoms with Crippen LogP contribution in [-0.4, -0.2) is 98.6 Å². The largest absolute Gasteiger partial charge is 0.495 e. The monoisotopic (exact) mass is 596 g/mol. The second-order valence-corrected chi connectivity index (χ2v) is 9.82. The van der Waals surface area contributed by atoms with E-state index in [9.17, 15) is 24.3 Å². The zero-order valence-corrected chi connectivity index (χ0v) is 23.3. The molecule has 0 unspecified atom stereocenters. The Bertz CT molecular complexity index is 1560. The lowest BCUT2D eigenvalue weighted by Crippen LogP contribution is -2.31. The first-order chi connectivity index (χ1) is 20.6. The normalized spacial score (nSPS) is 18.0. The molecule has 228 valence electrons. The van der Waals surface area contributed by atoms with Crippen LogP contribution < -0.4 is 25.7 Å². The lowest BCUT2D eigenvalue weighted by molar-refractivity contribution is -0.134. The van der Waals surface area contributed by atoms with E-state index in [-0.39, 0.29) is 24.0 Å². The Morgan fingerprint density at radius 1 is 1.14 bits per heavy atom. The number of rotatable bonds is 10. The van der Waals surface area contributed by atoms with E-state index in [1.165, 1.54) is 6.07 Å². The zero-order chi connectivity index (χ0) is 30.9. The van der Waals surface area contributed by atoms with Gasteiger partial charge in [0.05, 0.1) is 36.1 Å². The minimum atomic E-state index is -1.26. The van der Waals surface area contributed by atoms with E-state index in [0.717, 1.165) is 23.3 Å². The number of carbonyl (C=O) groups excluding carboxylic acids is 1. The zero-order valence-electron chi connectivity index (χ0n) is 23.3. The number of amides is 1. The summed E-state index contributed by atoms with van der Waals surface area (Å²) >= 11 is 0. The first-order valence-corrected chi connectivity index (χ1v) is 13.3. The highest BCUT2D eigenvalue weighted by atomic mass is 16.5. The van der Waals surface area contributed by atoms with Crippen molar-refractivity contribution in [1.82, 2.24) is 24.8 Å². The van der Waals surface area contributed by atoms with Gasteiger partial charge in [-0.2, -0.15) is 0 Å². The number of nitrogens with zero attached hydrogens (tertiary/aromatic N) is 4. The molecule has 15 nitrogen and oxygen atoms in total. The number of likely N-dealkylation sites (tertiary alicyclic amines) is 1. The predicted octanol–water partition coefficient (Wildman–Crippen LogP) is -0.0747. The molecule has 2 atom stereocenters. The molecular formula is C28H32N6O9. The van der Waals surface area contributed by atoms with Gasteiger partial charge in [0, 0.05) is 69.5 Å². The number of carbonyl (C=O) groups is 3. The maximum absolute atomic E-state index is 12.5. The standard InChI is InChI=1S/C24H28N6O5.C4H4O4/c1-34-17-8-19-18(26-11-17)3-5-23(33)30(19)7-6-29-12-15(20(31)13-29)9-25-10-16-2-4-21-24(27-16)28-22(32)14-35-21;5-3(6)1-2-4(7)8/h2-5,8,11,15,20,25,31H,6-7,9-10,12-14H2,1H3,(H,27,28,32);1-2H,(H,5,6)(H,7,8)/b;2-1+/t15-,20+;/m0./s1. The summed E-state index contributed by atoms with van der Waals surface area (Å²) in [6.45, 7) is 3.52. The van der Waals surface area contributed by atoms with Gasteiger partial charge in [-0.3, -0.25) is 19.5 Å². The number of aliphatic hydroxyl groups excluding tert-OH is 1. The molecule has 1 fully saturated rings. The summed E-state index contributed by atoms with van der Waals surface area (Å²) in [5, 5.41) is 32.3. The van der Waals surface area contributed by atoms with Crippen LogP contribution in [0.25, 0.3) is 11.0 Å². The Morgan fingerprint density at radius 2 is 1.91 bits per heavy atom. The van der Waals surface area contributed by atoms with E-state index < -0.39 is 18.0 Å². The minimum Gasteiger partial charge on any atom is -0.495 e. The topological polar surface area (TPSA) is 205 Å². The van der Waals surface area contributed by atoms with Gasteiger partial charge in [-0.05, 0) is 18.2 Å². The van der Waals surface area contributed by atoms with Crippen LogP contribution in [0.4, 0.5) is 5.82 Å². The molecule has 0 bridgehead atoms. The fourth-order valence-electron chi connectivity index (χ4n) is 4.69. The molecule has 0 radical (unpaired) electrons. The number of nitrogens with one attached hydrogen (secondary N) is 2. The number of aliphatic hydroxyl groups is 1.